The van der Waals surface area contributed by atoms with Gasteiger partial charge in [0.25, 0.3) is 5.91 Å². The van der Waals surface area contributed by atoms with Crippen molar-refractivity contribution in [3.8, 4) is 0 Å². The number of amides is 1. The van der Waals surface area contributed by atoms with E-state index in [1.807, 2.05) is 6.92 Å². The Morgan fingerprint density at radius 3 is 2.52 bits per heavy atom. The fourth-order valence-corrected chi connectivity index (χ4v) is 6.32. The van der Waals surface area contributed by atoms with Crippen LogP contribution in [0.2, 0.25) is 0 Å². The van der Waals surface area contributed by atoms with Crippen LogP contribution in [0.25, 0.3) is 10.9 Å². The zero-order valence-corrected chi connectivity index (χ0v) is 23.8. The quantitative estimate of drug-likeness (QED) is 0.114. The van der Waals surface area contributed by atoms with E-state index in [2.05, 4.69) is 17.2 Å². The standard InChI is InChI=1S/C29H37N5O5S/c1-4-39-20(2)31-26-24-16-15-21(28(30)33(3)36)19-25(24)34(17-18-40(37,38)23-13-9-6-10-14-23)27(26)29(35)32-22-11-7-5-8-12-22/h6,9-10,13-16,19,22,30-31,36H,2,4-5,7-8,11-12,17-18H2,1,3H3,(H,32,35). The van der Waals surface area contributed by atoms with Gasteiger partial charge in [-0.25, -0.2) is 13.5 Å². The molecule has 1 heterocycles. The second-order valence-corrected chi connectivity index (χ2v) is 12.0. The van der Waals surface area contributed by atoms with Crippen LogP contribution in [0.1, 0.15) is 55.1 Å². The Morgan fingerprint density at radius 2 is 1.88 bits per heavy atom. The molecule has 1 aliphatic rings. The van der Waals surface area contributed by atoms with Crippen molar-refractivity contribution in [1.29, 1.82) is 5.41 Å². The number of rotatable bonds is 11. The van der Waals surface area contributed by atoms with E-state index >= 15 is 0 Å². The topological polar surface area (TPSA) is 137 Å². The van der Waals surface area contributed by atoms with Crippen molar-refractivity contribution in [1.82, 2.24) is 14.9 Å². The fourth-order valence-electron chi connectivity index (χ4n) is 5.09. The predicted octanol–water partition coefficient (Wildman–Crippen LogP) is 4.74. The molecule has 1 aromatic heterocycles. The molecule has 4 N–H and O–H groups in total. The van der Waals surface area contributed by atoms with Gasteiger partial charge >= 0.3 is 0 Å². The number of nitrogens with zero attached hydrogens (tertiary/aromatic N) is 2. The second kappa shape index (κ2) is 12.6. The van der Waals surface area contributed by atoms with E-state index < -0.39 is 9.84 Å². The first-order valence-corrected chi connectivity index (χ1v) is 15.1. The number of nitrogens with one attached hydrogen (secondary N) is 3. The number of sulfone groups is 1. The van der Waals surface area contributed by atoms with Crippen LogP contribution in [0.4, 0.5) is 5.69 Å². The van der Waals surface area contributed by atoms with E-state index in [9.17, 15) is 18.4 Å². The van der Waals surface area contributed by atoms with Crippen molar-refractivity contribution in [2.24, 2.45) is 0 Å². The number of fused-ring (bicyclic) bond motifs is 1. The van der Waals surface area contributed by atoms with Crippen molar-refractivity contribution in [2.45, 2.75) is 56.5 Å². The first-order valence-electron chi connectivity index (χ1n) is 13.5. The monoisotopic (exact) mass is 567 g/mol. The van der Waals surface area contributed by atoms with Gasteiger partial charge in [0.2, 0.25) is 0 Å². The maximum atomic E-state index is 13.9. The van der Waals surface area contributed by atoms with Gasteiger partial charge in [0.1, 0.15) is 5.69 Å². The molecule has 0 atom stereocenters. The molecular formula is C29H37N5O5S. The summed E-state index contributed by atoms with van der Waals surface area (Å²) in [5.41, 5.74) is 1.63. The van der Waals surface area contributed by atoms with Crippen LogP contribution in [0.3, 0.4) is 0 Å². The Labute approximate surface area is 235 Å². The molecule has 1 fully saturated rings. The molecule has 0 radical (unpaired) electrons. The largest absolute Gasteiger partial charge is 0.480 e. The molecule has 1 aliphatic carbocycles. The molecule has 0 unspecified atom stereocenters. The molecule has 4 rings (SSSR count). The zero-order chi connectivity index (χ0) is 28.9. The van der Waals surface area contributed by atoms with Crippen LogP contribution in [0.5, 0.6) is 0 Å². The lowest BCUT2D eigenvalue weighted by Crippen LogP contribution is -2.37. The van der Waals surface area contributed by atoms with E-state index in [1.165, 1.54) is 7.05 Å². The number of hydroxylamine groups is 2. The number of carbonyl (C=O) groups excluding carboxylic acids is 1. The lowest BCUT2D eigenvalue weighted by atomic mass is 9.95. The van der Waals surface area contributed by atoms with Gasteiger partial charge in [-0.3, -0.25) is 15.4 Å². The molecule has 1 saturated carbocycles. The molecule has 2 aromatic carbocycles. The first kappa shape index (κ1) is 29.2. The van der Waals surface area contributed by atoms with Crippen molar-refractivity contribution in [3.05, 3.63) is 72.3 Å². The summed E-state index contributed by atoms with van der Waals surface area (Å²) in [6.45, 7) is 6.10. The number of anilines is 1. The first-order chi connectivity index (χ1) is 19.1. The third kappa shape index (κ3) is 6.48. The van der Waals surface area contributed by atoms with Gasteiger partial charge in [0.05, 0.1) is 28.5 Å². The van der Waals surface area contributed by atoms with Crippen molar-refractivity contribution in [3.63, 3.8) is 0 Å². The van der Waals surface area contributed by atoms with E-state index in [4.69, 9.17) is 10.1 Å². The Kier molecular flexibility index (Phi) is 9.16. The number of aromatic nitrogens is 1. The fraction of sp³-hybridized carbons (Fsp3) is 0.379. The van der Waals surface area contributed by atoms with Crippen LogP contribution in [0, 0.1) is 5.41 Å². The number of benzene rings is 2. The molecule has 0 spiro atoms. The Bertz CT molecular complexity index is 1490. The summed E-state index contributed by atoms with van der Waals surface area (Å²) in [5, 5.41) is 25.8. The van der Waals surface area contributed by atoms with Crippen LogP contribution in [-0.4, -0.2) is 60.4 Å². The number of ether oxygens (including phenoxy) is 1. The highest BCUT2D eigenvalue weighted by Crippen LogP contribution is 2.34. The van der Waals surface area contributed by atoms with Gasteiger partial charge in [-0.2, -0.15) is 0 Å². The molecule has 3 aromatic rings. The molecule has 10 nitrogen and oxygen atoms in total. The molecule has 0 bridgehead atoms. The lowest BCUT2D eigenvalue weighted by Gasteiger charge is -2.23. The Morgan fingerprint density at radius 1 is 1.18 bits per heavy atom. The average molecular weight is 568 g/mol. The van der Waals surface area contributed by atoms with E-state index in [1.54, 1.807) is 53.1 Å². The molecule has 1 amide bonds. The SMILES string of the molecule is C=C(Nc1c(C(=O)NC2CCCCC2)n(CCS(=O)(=O)c2ccccc2)c2cc(C(=N)N(C)O)ccc12)OCC. The maximum Gasteiger partial charge on any atom is 0.270 e. The summed E-state index contributed by atoms with van der Waals surface area (Å²) in [6, 6.07) is 13.3. The third-order valence-electron chi connectivity index (χ3n) is 7.09. The molecule has 0 saturated heterocycles. The zero-order valence-electron chi connectivity index (χ0n) is 22.9. The van der Waals surface area contributed by atoms with Gasteiger partial charge < -0.3 is 19.9 Å². The lowest BCUT2D eigenvalue weighted by molar-refractivity contribution is 0.0133. The van der Waals surface area contributed by atoms with Gasteiger partial charge in [0, 0.05) is 30.6 Å². The number of amidine groups is 1. The Hall–Kier alpha value is -3.83. The number of hydrogen-bond donors (Lipinski definition) is 4. The average Bonchev–Trinajstić information content (AvgIpc) is 3.25. The second-order valence-electron chi connectivity index (χ2n) is 9.90. The van der Waals surface area contributed by atoms with Crippen molar-refractivity contribution in [2.75, 3.05) is 24.7 Å². The summed E-state index contributed by atoms with van der Waals surface area (Å²) in [5.74, 6) is -0.481. The summed E-state index contributed by atoms with van der Waals surface area (Å²) < 4.78 is 33.7. The van der Waals surface area contributed by atoms with Crippen LogP contribution in [0.15, 0.2) is 65.9 Å². The smallest absolute Gasteiger partial charge is 0.270 e. The van der Waals surface area contributed by atoms with Gasteiger partial charge in [-0.1, -0.05) is 43.5 Å². The number of hydrogen-bond acceptors (Lipinski definition) is 7. The van der Waals surface area contributed by atoms with Crippen molar-refractivity contribution >= 4 is 38.2 Å². The minimum atomic E-state index is -3.66. The van der Waals surface area contributed by atoms with E-state index in [-0.39, 0.29) is 46.6 Å². The summed E-state index contributed by atoms with van der Waals surface area (Å²) in [4.78, 5) is 14.1. The Balaban J connectivity index is 1.85. The van der Waals surface area contributed by atoms with Crippen LogP contribution >= 0.6 is 0 Å². The summed E-state index contributed by atoms with van der Waals surface area (Å²) in [6.07, 6.45) is 4.98. The molecule has 11 heteroatoms. The molecule has 214 valence electrons. The van der Waals surface area contributed by atoms with E-state index in [0.717, 1.165) is 32.1 Å². The third-order valence-corrected chi connectivity index (χ3v) is 8.80. The molecule has 40 heavy (non-hydrogen) atoms. The van der Waals surface area contributed by atoms with E-state index in [0.29, 0.717) is 33.8 Å². The summed E-state index contributed by atoms with van der Waals surface area (Å²) in [7, 11) is -2.32. The number of aryl methyl sites for hydroxylation is 1. The minimum Gasteiger partial charge on any atom is -0.480 e. The highest BCUT2D eigenvalue weighted by atomic mass is 32.2. The number of carbonyl (C=O) groups is 1. The van der Waals surface area contributed by atoms with Crippen LogP contribution in [-0.2, 0) is 21.1 Å². The molecule has 0 aliphatic heterocycles. The predicted molar refractivity (Wildman–Crippen MR) is 156 cm³/mol. The highest BCUT2D eigenvalue weighted by molar-refractivity contribution is 7.91. The van der Waals surface area contributed by atoms with Crippen molar-refractivity contribution < 1.29 is 23.2 Å². The normalized spacial score (nSPS) is 14.1. The summed E-state index contributed by atoms with van der Waals surface area (Å²) >= 11 is 0. The minimum absolute atomic E-state index is 0.0182. The van der Waals surface area contributed by atoms with Gasteiger partial charge in [-0.15, -0.1) is 0 Å². The van der Waals surface area contributed by atoms with Gasteiger partial charge in [0.15, 0.2) is 21.6 Å². The molecular weight excluding hydrogens is 530 g/mol. The maximum absolute atomic E-state index is 13.9. The highest BCUT2D eigenvalue weighted by Gasteiger charge is 2.28. The van der Waals surface area contributed by atoms with Crippen LogP contribution < -0.4 is 10.6 Å². The van der Waals surface area contributed by atoms with Gasteiger partial charge in [-0.05, 0) is 50.6 Å².